The Bertz CT molecular complexity index is 647. The number of piperidine rings is 1. The van der Waals surface area contributed by atoms with Crippen molar-refractivity contribution in [1.29, 1.82) is 0 Å². The molecule has 2 aromatic rings. The van der Waals surface area contributed by atoms with Crippen LogP contribution in [0.5, 0.6) is 0 Å². The first-order valence-electron chi connectivity index (χ1n) is 7.36. The smallest absolute Gasteiger partial charge is 0.356 e. The molecule has 1 N–H and O–H groups in total. The zero-order valence-electron chi connectivity index (χ0n) is 12.4. The second kappa shape index (κ2) is 6.09. The van der Waals surface area contributed by atoms with Crippen LogP contribution in [0, 0.1) is 6.92 Å². The Morgan fingerprint density at radius 2 is 1.91 bits per heavy atom. The summed E-state index contributed by atoms with van der Waals surface area (Å²) in [6.07, 6.45) is 6.89. The van der Waals surface area contributed by atoms with Crippen LogP contribution in [-0.2, 0) is 0 Å². The minimum atomic E-state index is -1.05. The van der Waals surface area contributed by atoms with Crippen LogP contribution in [0.3, 0.4) is 0 Å². The van der Waals surface area contributed by atoms with Gasteiger partial charge in [0.15, 0.2) is 5.69 Å². The maximum absolute atomic E-state index is 10.8. The molecule has 2 aromatic heterocycles. The predicted molar refractivity (Wildman–Crippen MR) is 82.2 cm³/mol. The van der Waals surface area contributed by atoms with E-state index in [1.165, 1.54) is 18.0 Å². The lowest BCUT2D eigenvalue weighted by molar-refractivity contribution is 0.0690. The summed E-state index contributed by atoms with van der Waals surface area (Å²) in [5.41, 5.74) is 2.30. The molecule has 0 amide bonds. The van der Waals surface area contributed by atoms with Gasteiger partial charge in [0.05, 0.1) is 12.4 Å². The second-order valence-electron chi connectivity index (χ2n) is 5.56. The lowest BCUT2D eigenvalue weighted by Crippen LogP contribution is -2.33. The Morgan fingerprint density at radius 1 is 1.14 bits per heavy atom. The molecule has 0 bridgehead atoms. The van der Waals surface area contributed by atoms with E-state index in [-0.39, 0.29) is 5.69 Å². The van der Waals surface area contributed by atoms with Crippen molar-refractivity contribution < 1.29 is 9.90 Å². The number of rotatable bonds is 3. The first-order chi connectivity index (χ1) is 10.6. The number of nitrogens with zero attached hydrogens (tertiary/aromatic N) is 4. The maximum atomic E-state index is 10.8. The number of aromatic carboxylic acids is 1. The van der Waals surface area contributed by atoms with Gasteiger partial charge in [0.2, 0.25) is 0 Å². The molecule has 1 fully saturated rings. The van der Waals surface area contributed by atoms with Crippen molar-refractivity contribution in [3.63, 3.8) is 0 Å². The molecule has 6 nitrogen and oxygen atoms in total. The van der Waals surface area contributed by atoms with Crippen LogP contribution < -0.4 is 4.90 Å². The molecule has 0 spiro atoms. The number of aryl methyl sites for hydroxylation is 1. The van der Waals surface area contributed by atoms with Gasteiger partial charge >= 0.3 is 5.97 Å². The SMILES string of the molecule is Cc1ccc(C2CCN(c3cnc(C(=O)O)cn3)CC2)cn1. The van der Waals surface area contributed by atoms with Gasteiger partial charge in [-0.2, -0.15) is 0 Å². The highest BCUT2D eigenvalue weighted by Crippen LogP contribution is 2.29. The Hall–Kier alpha value is -2.50. The highest BCUT2D eigenvalue weighted by molar-refractivity contribution is 5.84. The molecule has 3 rings (SSSR count). The number of hydrogen-bond acceptors (Lipinski definition) is 5. The van der Waals surface area contributed by atoms with Crippen molar-refractivity contribution in [3.05, 3.63) is 47.7 Å². The Labute approximate surface area is 128 Å². The average molecular weight is 298 g/mol. The van der Waals surface area contributed by atoms with E-state index in [9.17, 15) is 4.79 Å². The van der Waals surface area contributed by atoms with Gasteiger partial charge < -0.3 is 10.0 Å². The summed E-state index contributed by atoms with van der Waals surface area (Å²) in [5, 5.41) is 8.84. The Kier molecular flexibility index (Phi) is 4.00. The first-order valence-corrected chi connectivity index (χ1v) is 7.36. The summed E-state index contributed by atoms with van der Waals surface area (Å²) in [6, 6.07) is 4.21. The lowest BCUT2D eigenvalue weighted by Gasteiger charge is -2.32. The fourth-order valence-electron chi connectivity index (χ4n) is 2.76. The van der Waals surface area contributed by atoms with Gasteiger partial charge in [-0.05, 0) is 37.3 Å². The highest BCUT2D eigenvalue weighted by Gasteiger charge is 2.22. The van der Waals surface area contributed by atoms with E-state index in [1.807, 2.05) is 13.1 Å². The fraction of sp³-hybridized carbons (Fsp3) is 0.375. The van der Waals surface area contributed by atoms with Gasteiger partial charge in [-0.25, -0.2) is 14.8 Å². The number of pyridine rings is 1. The van der Waals surface area contributed by atoms with Crippen LogP contribution in [0.25, 0.3) is 0 Å². The van der Waals surface area contributed by atoms with Crippen molar-refractivity contribution >= 4 is 11.8 Å². The Morgan fingerprint density at radius 3 is 2.45 bits per heavy atom. The van der Waals surface area contributed by atoms with E-state index in [1.54, 1.807) is 0 Å². The van der Waals surface area contributed by atoms with Crippen molar-refractivity contribution in [2.45, 2.75) is 25.7 Å². The maximum Gasteiger partial charge on any atom is 0.356 e. The van der Waals surface area contributed by atoms with Gasteiger partial charge in [0.25, 0.3) is 0 Å². The molecule has 114 valence electrons. The third-order valence-electron chi connectivity index (χ3n) is 4.08. The molecule has 0 aromatic carbocycles. The number of hydrogen-bond donors (Lipinski definition) is 1. The van der Waals surface area contributed by atoms with Crippen molar-refractivity contribution in [3.8, 4) is 0 Å². The monoisotopic (exact) mass is 298 g/mol. The zero-order chi connectivity index (χ0) is 15.5. The van der Waals surface area contributed by atoms with E-state index in [4.69, 9.17) is 5.11 Å². The largest absolute Gasteiger partial charge is 0.476 e. The van der Waals surface area contributed by atoms with Crippen LogP contribution in [0.4, 0.5) is 5.82 Å². The fourth-order valence-corrected chi connectivity index (χ4v) is 2.76. The minimum Gasteiger partial charge on any atom is -0.476 e. The predicted octanol–water partition coefficient (Wildman–Crippen LogP) is 2.26. The number of carboxylic acids is 1. The van der Waals surface area contributed by atoms with Crippen LogP contribution in [-0.4, -0.2) is 39.1 Å². The molecule has 0 unspecified atom stereocenters. The van der Waals surface area contributed by atoms with Crippen LogP contribution in [0.1, 0.15) is 40.5 Å². The number of carbonyl (C=O) groups is 1. The first kappa shape index (κ1) is 14.4. The normalized spacial score (nSPS) is 15.8. The lowest BCUT2D eigenvalue weighted by atomic mass is 9.90. The molecule has 1 saturated heterocycles. The number of carboxylic acid groups (broad SMARTS) is 1. The molecule has 0 aliphatic carbocycles. The molecule has 1 aliphatic heterocycles. The van der Waals surface area contributed by atoms with Gasteiger partial charge in [0, 0.05) is 25.0 Å². The summed E-state index contributed by atoms with van der Waals surface area (Å²) in [7, 11) is 0. The summed E-state index contributed by atoms with van der Waals surface area (Å²) in [5.74, 6) is 0.214. The molecule has 0 saturated carbocycles. The van der Waals surface area contributed by atoms with Crippen LogP contribution >= 0.6 is 0 Å². The highest BCUT2D eigenvalue weighted by atomic mass is 16.4. The van der Waals surface area contributed by atoms with Gasteiger partial charge in [-0.15, -0.1) is 0 Å². The molecular weight excluding hydrogens is 280 g/mol. The van der Waals surface area contributed by atoms with Crippen molar-refractivity contribution in [2.75, 3.05) is 18.0 Å². The van der Waals surface area contributed by atoms with E-state index in [0.717, 1.165) is 37.4 Å². The molecule has 0 atom stereocenters. The third-order valence-corrected chi connectivity index (χ3v) is 4.08. The standard InChI is InChI=1S/C16H18N4O2/c1-11-2-3-13(8-17-11)12-4-6-20(7-5-12)15-10-18-14(9-19-15)16(21)22/h2-3,8-10,12H,4-7H2,1H3,(H,21,22). The summed E-state index contributed by atoms with van der Waals surface area (Å²) in [4.78, 5) is 25.4. The number of aromatic nitrogens is 3. The molecule has 1 aliphatic rings. The summed E-state index contributed by atoms with van der Waals surface area (Å²) in [6.45, 7) is 3.77. The zero-order valence-corrected chi connectivity index (χ0v) is 12.4. The summed E-state index contributed by atoms with van der Waals surface area (Å²) >= 11 is 0. The van der Waals surface area contributed by atoms with Gasteiger partial charge in [-0.1, -0.05) is 6.07 Å². The molecule has 0 radical (unpaired) electrons. The third kappa shape index (κ3) is 3.05. The molecule has 6 heteroatoms. The van der Waals surface area contributed by atoms with Crippen molar-refractivity contribution in [1.82, 2.24) is 15.0 Å². The average Bonchev–Trinajstić information content (AvgIpc) is 2.56. The molecule has 22 heavy (non-hydrogen) atoms. The van der Waals surface area contributed by atoms with Crippen molar-refractivity contribution in [2.24, 2.45) is 0 Å². The van der Waals surface area contributed by atoms with E-state index in [2.05, 4.69) is 32.0 Å². The van der Waals surface area contributed by atoms with Crippen LogP contribution in [0.15, 0.2) is 30.7 Å². The minimum absolute atomic E-state index is 0.0237. The van der Waals surface area contributed by atoms with Gasteiger partial charge in [0.1, 0.15) is 5.82 Å². The van der Waals surface area contributed by atoms with E-state index in [0.29, 0.717) is 5.92 Å². The molecular formula is C16H18N4O2. The van der Waals surface area contributed by atoms with Crippen LogP contribution in [0.2, 0.25) is 0 Å². The van der Waals surface area contributed by atoms with E-state index < -0.39 is 5.97 Å². The second-order valence-corrected chi connectivity index (χ2v) is 5.56. The topological polar surface area (TPSA) is 79.2 Å². The summed E-state index contributed by atoms with van der Waals surface area (Å²) < 4.78 is 0. The van der Waals surface area contributed by atoms with Gasteiger partial charge in [-0.3, -0.25) is 4.98 Å². The molecule has 3 heterocycles. The van der Waals surface area contributed by atoms with E-state index >= 15 is 0 Å². The quantitative estimate of drug-likeness (QED) is 0.936. The Balaban J connectivity index is 1.63. The number of anilines is 1.